The molecule has 0 amide bonds. The first-order valence-corrected chi connectivity index (χ1v) is 7.81. The molecule has 3 aromatic heterocycles. The Labute approximate surface area is 140 Å². The summed E-state index contributed by atoms with van der Waals surface area (Å²) in [5.74, 6) is 0. The Bertz CT molecular complexity index is 879. The van der Waals surface area contributed by atoms with Gasteiger partial charge >= 0.3 is 0 Å². The van der Waals surface area contributed by atoms with E-state index in [1.54, 1.807) is 12.4 Å². The molecule has 0 unspecified atom stereocenters. The Morgan fingerprint density at radius 3 is 1.83 bits per heavy atom. The lowest BCUT2D eigenvalue weighted by Gasteiger charge is -2.13. The molecule has 1 aromatic carbocycles. The number of nitrogens with zero attached hydrogens (tertiary/aromatic N) is 3. The molecule has 0 spiro atoms. The third-order valence-corrected chi connectivity index (χ3v) is 3.86. The van der Waals surface area contributed by atoms with Gasteiger partial charge in [0.1, 0.15) is 0 Å². The van der Waals surface area contributed by atoms with Gasteiger partial charge in [-0.3, -0.25) is 15.0 Å². The van der Waals surface area contributed by atoms with Gasteiger partial charge in [0, 0.05) is 24.2 Å². The smallest absolute Gasteiger partial charge is 0.0986 e. The largest absolute Gasteiger partial charge is 0.256 e. The fourth-order valence-electron chi connectivity index (χ4n) is 2.79. The Kier molecular flexibility index (Phi) is 3.82. The minimum atomic E-state index is 0.843. The molecule has 3 heterocycles. The zero-order chi connectivity index (χ0) is 16.2. The lowest BCUT2D eigenvalue weighted by Crippen LogP contribution is -1.96. The van der Waals surface area contributed by atoms with E-state index in [9.17, 15) is 0 Å². The average molecular weight is 309 g/mol. The van der Waals surface area contributed by atoms with Crippen LogP contribution in [0.4, 0.5) is 0 Å². The molecule has 0 saturated carbocycles. The van der Waals surface area contributed by atoms with Crippen LogP contribution in [0, 0.1) is 0 Å². The van der Waals surface area contributed by atoms with E-state index >= 15 is 0 Å². The van der Waals surface area contributed by atoms with Crippen molar-refractivity contribution in [2.24, 2.45) is 0 Å². The quantitative estimate of drug-likeness (QED) is 0.542. The molecule has 0 fully saturated rings. The molecule has 24 heavy (non-hydrogen) atoms. The van der Waals surface area contributed by atoms with Gasteiger partial charge in [0.15, 0.2) is 0 Å². The van der Waals surface area contributed by atoms with Gasteiger partial charge in [-0.05, 0) is 41.5 Å². The highest BCUT2D eigenvalue weighted by molar-refractivity contribution is 5.90. The predicted molar refractivity (Wildman–Crippen MR) is 96.1 cm³/mol. The van der Waals surface area contributed by atoms with Crippen LogP contribution in [0.15, 0.2) is 91.4 Å². The van der Waals surface area contributed by atoms with Gasteiger partial charge in [0.2, 0.25) is 0 Å². The van der Waals surface area contributed by atoms with Crippen molar-refractivity contribution in [3.63, 3.8) is 0 Å². The van der Waals surface area contributed by atoms with E-state index in [0.717, 1.165) is 33.8 Å². The summed E-state index contributed by atoms with van der Waals surface area (Å²) < 4.78 is 0. The van der Waals surface area contributed by atoms with Gasteiger partial charge in [-0.2, -0.15) is 0 Å². The molecular weight excluding hydrogens is 294 g/mol. The summed E-state index contributed by atoms with van der Waals surface area (Å²) in [5.41, 5.74) is 5.82. The summed E-state index contributed by atoms with van der Waals surface area (Å²) in [7, 11) is 0. The average Bonchev–Trinajstić information content (AvgIpc) is 2.69. The van der Waals surface area contributed by atoms with Crippen LogP contribution in [0.1, 0.15) is 0 Å². The molecule has 0 saturated heterocycles. The summed E-state index contributed by atoms with van der Waals surface area (Å²) in [6.07, 6.45) is 5.42. The number of rotatable bonds is 3. The van der Waals surface area contributed by atoms with Gasteiger partial charge < -0.3 is 0 Å². The van der Waals surface area contributed by atoms with Crippen LogP contribution in [0.25, 0.3) is 33.8 Å². The van der Waals surface area contributed by atoms with Gasteiger partial charge in [-0.25, -0.2) is 0 Å². The molecule has 0 aliphatic heterocycles. The molecule has 3 nitrogen and oxygen atoms in total. The molecule has 3 heteroatoms. The Balaban J connectivity index is 2.02. The van der Waals surface area contributed by atoms with E-state index in [0.29, 0.717) is 0 Å². The van der Waals surface area contributed by atoms with Crippen molar-refractivity contribution in [3.05, 3.63) is 91.4 Å². The predicted octanol–water partition coefficient (Wildman–Crippen LogP) is 4.87. The lowest BCUT2D eigenvalue weighted by atomic mass is 9.95. The second kappa shape index (κ2) is 6.42. The van der Waals surface area contributed by atoms with Crippen LogP contribution in [0.5, 0.6) is 0 Å². The number of aromatic nitrogens is 3. The first kappa shape index (κ1) is 14.3. The highest BCUT2D eigenvalue weighted by Crippen LogP contribution is 2.36. The Morgan fingerprint density at radius 2 is 1.17 bits per heavy atom. The first-order chi connectivity index (χ1) is 11.9. The summed E-state index contributed by atoms with van der Waals surface area (Å²) in [6, 6.07) is 24.1. The number of hydrogen-bond donors (Lipinski definition) is 0. The molecule has 4 aromatic rings. The minimum Gasteiger partial charge on any atom is -0.256 e. The van der Waals surface area contributed by atoms with E-state index in [1.807, 2.05) is 66.9 Å². The van der Waals surface area contributed by atoms with Crippen LogP contribution in [0.2, 0.25) is 0 Å². The summed E-state index contributed by atoms with van der Waals surface area (Å²) in [6.45, 7) is 0. The van der Waals surface area contributed by atoms with Crippen molar-refractivity contribution in [2.45, 2.75) is 0 Å². The zero-order valence-corrected chi connectivity index (χ0v) is 13.0. The van der Waals surface area contributed by atoms with Gasteiger partial charge in [0.25, 0.3) is 0 Å². The molecule has 0 N–H and O–H groups in total. The second-order valence-corrected chi connectivity index (χ2v) is 5.38. The fourth-order valence-corrected chi connectivity index (χ4v) is 2.79. The SMILES string of the molecule is c1ccc(-c2ccnc(-c3ccccn3)c2-c2ccccn2)cc1. The van der Waals surface area contributed by atoms with Crippen LogP contribution in [-0.2, 0) is 0 Å². The molecule has 4 rings (SSSR count). The van der Waals surface area contributed by atoms with E-state index < -0.39 is 0 Å². The molecule has 0 aliphatic rings. The van der Waals surface area contributed by atoms with E-state index in [1.165, 1.54) is 0 Å². The van der Waals surface area contributed by atoms with Crippen LogP contribution in [-0.4, -0.2) is 15.0 Å². The van der Waals surface area contributed by atoms with Crippen molar-refractivity contribution in [3.8, 4) is 33.8 Å². The summed E-state index contributed by atoms with van der Waals surface area (Å²) in [4.78, 5) is 13.6. The molecule has 0 atom stereocenters. The van der Waals surface area contributed by atoms with Gasteiger partial charge in [-0.1, -0.05) is 42.5 Å². The van der Waals surface area contributed by atoms with Crippen molar-refractivity contribution >= 4 is 0 Å². The lowest BCUT2D eigenvalue weighted by molar-refractivity contribution is 1.23. The topological polar surface area (TPSA) is 38.7 Å². The van der Waals surface area contributed by atoms with E-state index in [4.69, 9.17) is 0 Å². The van der Waals surface area contributed by atoms with E-state index in [-0.39, 0.29) is 0 Å². The van der Waals surface area contributed by atoms with Crippen LogP contribution < -0.4 is 0 Å². The molecule has 0 radical (unpaired) electrons. The first-order valence-electron chi connectivity index (χ1n) is 7.81. The summed E-state index contributed by atoms with van der Waals surface area (Å²) >= 11 is 0. The van der Waals surface area contributed by atoms with Crippen molar-refractivity contribution in [1.29, 1.82) is 0 Å². The maximum Gasteiger partial charge on any atom is 0.0986 e. The molecule has 0 aliphatic carbocycles. The second-order valence-electron chi connectivity index (χ2n) is 5.38. The highest BCUT2D eigenvalue weighted by atomic mass is 14.8. The standard InChI is InChI=1S/C21H15N3/c1-2-8-16(9-3-1)17-12-15-24-21(19-11-5-7-14-23-19)20(17)18-10-4-6-13-22-18/h1-15H. The van der Waals surface area contributed by atoms with Gasteiger partial charge in [0.05, 0.1) is 17.1 Å². The fraction of sp³-hybridized carbons (Fsp3) is 0. The number of benzene rings is 1. The van der Waals surface area contributed by atoms with Crippen LogP contribution >= 0.6 is 0 Å². The maximum atomic E-state index is 4.61. The zero-order valence-electron chi connectivity index (χ0n) is 13.0. The van der Waals surface area contributed by atoms with Crippen molar-refractivity contribution < 1.29 is 0 Å². The van der Waals surface area contributed by atoms with Crippen LogP contribution in [0.3, 0.4) is 0 Å². The Hall–Kier alpha value is -3.33. The number of pyridine rings is 3. The molecule has 0 bridgehead atoms. The summed E-state index contributed by atoms with van der Waals surface area (Å²) in [5, 5.41) is 0. The normalized spacial score (nSPS) is 10.5. The van der Waals surface area contributed by atoms with Crippen molar-refractivity contribution in [2.75, 3.05) is 0 Å². The van der Waals surface area contributed by atoms with E-state index in [2.05, 4.69) is 27.1 Å². The monoisotopic (exact) mass is 309 g/mol. The maximum absolute atomic E-state index is 4.61. The third-order valence-electron chi connectivity index (χ3n) is 3.86. The number of hydrogen-bond acceptors (Lipinski definition) is 3. The minimum absolute atomic E-state index is 0.843. The molecular formula is C21H15N3. The third kappa shape index (κ3) is 2.68. The van der Waals surface area contributed by atoms with Crippen molar-refractivity contribution in [1.82, 2.24) is 15.0 Å². The van der Waals surface area contributed by atoms with Gasteiger partial charge in [-0.15, -0.1) is 0 Å². The molecule has 114 valence electrons. The highest BCUT2D eigenvalue weighted by Gasteiger charge is 2.16. The Morgan fingerprint density at radius 1 is 0.500 bits per heavy atom.